The molecule has 2 aromatic rings. The van der Waals surface area contributed by atoms with Crippen LogP contribution in [0.15, 0.2) is 59.8 Å². The zero-order valence-electron chi connectivity index (χ0n) is 18.9. The van der Waals surface area contributed by atoms with Gasteiger partial charge in [-0.25, -0.2) is 9.59 Å². The van der Waals surface area contributed by atoms with Crippen molar-refractivity contribution in [2.75, 3.05) is 44.2 Å². The normalized spacial score (nSPS) is 19.2. The van der Waals surface area contributed by atoms with Gasteiger partial charge in [0.15, 0.2) is 0 Å². The Morgan fingerprint density at radius 3 is 2.55 bits per heavy atom. The van der Waals surface area contributed by atoms with Gasteiger partial charge in [-0.1, -0.05) is 48.0 Å². The number of esters is 1. The standard InChI is InChI=1S/C25H29ClN4O3/c1-3-33-24(31)22-20(27-25(32)28-23(22)18-7-5-4-6-8-18)16-29-11-13-30(14-12-29)21-15-19(26)10-9-17(21)2/h4-10,15,23H,3,11-14,16H2,1-2H3,(H2,27,28,32)/t23-/m1/s1. The monoisotopic (exact) mass is 468 g/mol. The van der Waals surface area contributed by atoms with Gasteiger partial charge in [-0.15, -0.1) is 0 Å². The minimum absolute atomic E-state index is 0.267. The van der Waals surface area contributed by atoms with Gasteiger partial charge >= 0.3 is 12.0 Å². The van der Waals surface area contributed by atoms with E-state index < -0.39 is 12.0 Å². The fourth-order valence-corrected chi connectivity index (χ4v) is 4.55. The van der Waals surface area contributed by atoms with Crippen LogP contribution in [0.2, 0.25) is 5.02 Å². The Labute approximate surface area is 199 Å². The molecule has 1 fully saturated rings. The Hall–Kier alpha value is -3.03. The van der Waals surface area contributed by atoms with Crippen molar-refractivity contribution in [3.63, 3.8) is 0 Å². The van der Waals surface area contributed by atoms with E-state index in [1.807, 2.05) is 48.5 Å². The smallest absolute Gasteiger partial charge is 0.338 e. The lowest BCUT2D eigenvalue weighted by molar-refractivity contribution is -0.139. The summed E-state index contributed by atoms with van der Waals surface area (Å²) in [5, 5.41) is 6.48. The fraction of sp³-hybridized carbons (Fsp3) is 0.360. The van der Waals surface area contributed by atoms with Crippen LogP contribution in [0.25, 0.3) is 0 Å². The molecule has 33 heavy (non-hydrogen) atoms. The van der Waals surface area contributed by atoms with Crippen LogP contribution in [0.1, 0.15) is 24.1 Å². The second-order valence-corrected chi connectivity index (χ2v) is 8.69. The summed E-state index contributed by atoms with van der Waals surface area (Å²) >= 11 is 6.21. The molecule has 2 aromatic carbocycles. The van der Waals surface area contributed by atoms with Crippen LogP contribution in [-0.4, -0.2) is 56.2 Å². The molecule has 2 aliphatic rings. The Kier molecular flexibility index (Phi) is 7.20. The number of amides is 2. The molecule has 8 heteroatoms. The van der Waals surface area contributed by atoms with Crippen molar-refractivity contribution in [1.82, 2.24) is 15.5 Å². The van der Waals surface area contributed by atoms with Crippen LogP contribution in [-0.2, 0) is 9.53 Å². The molecule has 0 radical (unpaired) electrons. The van der Waals surface area contributed by atoms with Gasteiger partial charge in [-0.2, -0.15) is 0 Å². The van der Waals surface area contributed by atoms with E-state index in [-0.39, 0.29) is 12.6 Å². The minimum Gasteiger partial charge on any atom is -0.463 e. The molecule has 0 aliphatic carbocycles. The summed E-state index contributed by atoms with van der Waals surface area (Å²) in [4.78, 5) is 30.0. The zero-order valence-corrected chi connectivity index (χ0v) is 19.7. The number of carbonyl (C=O) groups is 2. The molecular weight excluding hydrogens is 440 g/mol. The number of halogens is 1. The van der Waals surface area contributed by atoms with E-state index in [0.717, 1.165) is 42.5 Å². The second-order valence-electron chi connectivity index (χ2n) is 8.25. The highest BCUT2D eigenvalue weighted by molar-refractivity contribution is 6.30. The molecule has 2 N–H and O–H groups in total. The molecule has 2 aliphatic heterocycles. The van der Waals surface area contributed by atoms with Gasteiger partial charge in [-0.05, 0) is 37.1 Å². The third kappa shape index (κ3) is 5.31. The second kappa shape index (κ2) is 10.3. The summed E-state index contributed by atoms with van der Waals surface area (Å²) in [6.45, 7) is 7.85. The number of ether oxygens (including phenoxy) is 1. The molecule has 0 unspecified atom stereocenters. The molecule has 2 heterocycles. The summed E-state index contributed by atoms with van der Waals surface area (Å²) in [7, 11) is 0. The van der Waals surface area contributed by atoms with E-state index in [1.54, 1.807) is 6.92 Å². The predicted molar refractivity (Wildman–Crippen MR) is 129 cm³/mol. The van der Waals surface area contributed by atoms with Gasteiger partial charge in [0.1, 0.15) is 0 Å². The van der Waals surface area contributed by atoms with Gasteiger partial charge in [0.25, 0.3) is 0 Å². The van der Waals surface area contributed by atoms with E-state index in [2.05, 4.69) is 27.4 Å². The predicted octanol–water partition coefficient (Wildman–Crippen LogP) is 3.64. The number of carbonyl (C=O) groups excluding carboxylic acids is 2. The number of piperazine rings is 1. The third-order valence-electron chi connectivity index (χ3n) is 6.05. The number of hydrogen-bond acceptors (Lipinski definition) is 5. The van der Waals surface area contributed by atoms with Crippen LogP contribution in [0.5, 0.6) is 0 Å². The first-order valence-corrected chi connectivity index (χ1v) is 11.6. The first-order valence-electron chi connectivity index (χ1n) is 11.2. The highest BCUT2D eigenvalue weighted by Crippen LogP contribution is 2.29. The number of aryl methyl sites for hydroxylation is 1. The van der Waals surface area contributed by atoms with E-state index in [0.29, 0.717) is 17.8 Å². The topological polar surface area (TPSA) is 73.9 Å². The van der Waals surface area contributed by atoms with E-state index in [9.17, 15) is 9.59 Å². The van der Waals surface area contributed by atoms with Gasteiger partial charge < -0.3 is 20.3 Å². The minimum atomic E-state index is -0.551. The zero-order chi connectivity index (χ0) is 23.4. The first-order chi connectivity index (χ1) is 16.0. The highest BCUT2D eigenvalue weighted by atomic mass is 35.5. The fourth-order valence-electron chi connectivity index (χ4n) is 4.38. The summed E-state index contributed by atoms with van der Waals surface area (Å²) in [5.74, 6) is -0.415. The van der Waals surface area contributed by atoms with Gasteiger partial charge in [0.05, 0.1) is 18.2 Å². The number of rotatable bonds is 6. The van der Waals surface area contributed by atoms with Crippen LogP contribution in [0.4, 0.5) is 10.5 Å². The number of hydrogen-bond donors (Lipinski definition) is 2. The first kappa shape index (κ1) is 23.1. The molecular formula is C25H29ClN4O3. The lowest BCUT2D eigenvalue weighted by Crippen LogP contribution is -2.52. The maximum absolute atomic E-state index is 12.9. The maximum Gasteiger partial charge on any atom is 0.338 e. The average molecular weight is 469 g/mol. The lowest BCUT2D eigenvalue weighted by atomic mass is 9.95. The van der Waals surface area contributed by atoms with Gasteiger partial charge in [0.2, 0.25) is 0 Å². The molecule has 1 saturated heterocycles. The summed E-state index contributed by atoms with van der Waals surface area (Å²) in [5.41, 5.74) is 4.23. The molecule has 174 valence electrons. The number of nitrogens with one attached hydrogen (secondary N) is 2. The van der Waals surface area contributed by atoms with E-state index in [4.69, 9.17) is 16.3 Å². The molecule has 0 spiro atoms. The maximum atomic E-state index is 12.9. The number of anilines is 1. The highest BCUT2D eigenvalue weighted by Gasteiger charge is 2.34. The molecule has 0 saturated carbocycles. The summed E-state index contributed by atoms with van der Waals surface area (Å²) in [6.07, 6.45) is 0. The van der Waals surface area contributed by atoms with E-state index >= 15 is 0 Å². The Morgan fingerprint density at radius 1 is 1.12 bits per heavy atom. The van der Waals surface area contributed by atoms with Crippen molar-refractivity contribution in [3.05, 3.63) is 76.0 Å². The van der Waals surface area contributed by atoms with E-state index in [1.165, 1.54) is 5.56 Å². The van der Waals surface area contributed by atoms with Crippen molar-refractivity contribution in [2.24, 2.45) is 0 Å². The van der Waals surface area contributed by atoms with Crippen LogP contribution < -0.4 is 15.5 Å². The largest absolute Gasteiger partial charge is 0.463 e. The van der Waals surface area contributed by atoms with Crippen molar-refractivity contribution in [2.45, 2.75) is 19.9 Å². The Bertz CT molecular complexity index is 1050. The molecule has 0 aromatic heterocycles. The number of benzene rings is 2. The van der Waals surface area contributed by atoms with Crippen LogP contribution >= 0.6 is 11.6 Å². The van der Waals surface area contributed by atoms with Crippen LogP contribution in [0, 0.1) is 6.92 Å². The van der Waals surface area contributed by atoms with Gasteiger partial charge in [0, 0.05) is 49.1 Å². The molecule has 1 atom stereocenters. The Balaban J connectivity index is 1.55. The molecule has 4 rings (SSSR count). The van der Waals surface area contributed by atoms with Crippen molar-refractivity contribution in [3.8, 4) is 0 Å². The molecule has 7 nitrogen and oxygen atoms in total. The third-order valence-corrected chi connectivity index (χ3v) is 6.28. The quantitative estimate of drug-likeness (QED) is 0.633. The Morgan fingerprint density at radius 2 is 1.85 bits per heavy atom. The van der Waals surface area contributed by atoms with Crippen LogP contribution in [0.3, 0.4) is 0 Å². The van der Waals surface area contributed by atoms with Gasteiger partial charge in [-0.3, -0.25) is 4.90 Å². The van der Waals surface area contributed by atoms with Crippen molar-refractivity contribution in [1.29, 1.82) is 0 Å². The van der Waals surface area contributed by atoms with Crippen molar-refractivity contribution < 1.29 is 14.3 Å². The average Bonchev–Trinajstić information content (AvgIpc) is 2.81. The lowest BCUT2D eigenvalue weighted by Gasteiger charge is -2.38. The molecule has 0 bridgehead atoms. The summed E-state index contributed by atoms with van der Waals surface area (Å²) in [6, 6.07) is 14.6. The molecule has 2 amide bonds. The summed E-state index contributed by atoms with van der Waals surface area (Å²) < 4.78 is 5.36. The number of nitrogens with zero attached hydrogens (tertiary/aromatic N) is 2. The van der Waals surface area contributed by atoms with Crippen molar-refractivity contribution >= 4 is 29.3 Å². The SMILES string of the molecule is CCOC(=O)C1=C(CN2CCN(c3cc(Cl)ccc3C)CC2)NC(=O)N[C@@H]1c1ccccc1. The number of urea groups is 1.